The molecule has 0 amide bonds. The number of fused-ring (bicyclic) bond motifs is 1. The number of halogens is 3. The minimum atomic E-state index is -3.00. The molecule has 1 aromatic rings. The van der Waals surface area contributed by atoms with E-state index in [9.17, 15) is 18.0 Å². The number of alkyl halides is 3. The number of hydrogen-bond donors (Lipinski definition) is 1. The van der Waals surface area contributed by atoms with Crippen LogP contribution in [-0.2, 0) is 17.1 Å². The SMILES string of the molecule is C[C@H]1C(F)CN1c1nc(N2CC(CC(=O)O)C2)c2c(n1)C(F)(F)CC2. The molecule has 1 aromatic heterocycles. The van der Waals surface area contributed by atoms with Crippen LogP contribution in [0.2, 0.25) is 0 Å². The van der Waals surface area contributed by atoms with Crippen molar-refractivity contribution >= 4 is 17.7 Å². The molecule has 0 saturated carbocycles. The molecule has 136 valence electrons. The summed E-state index contributed by atoms with van der Waals surface area (Å²) in [6.45, 7) is 2.73. The normalized spacial score (nSPS) is 27.7. The van der Waals surface area contributed by atoms with Gasteiger partial charge in [0.2, 0.25) is 5.95 Å². The molecule has 3 aliphatic rings. The first-order valence-electron chi connectivity index (χ1n) is 8.43. The molecule has 3 heterocycles. The first kappa shape index (κ1) is 16.4. The highest BCUT2D eigenvalue weighted by molar-refractivity contribution is 5.68. The van der Waals surface area contributed by atoms with Gasteiger partial charge in [-0.15, -0.1) is 0 Å². The molecule has 0 spiro atoms. The topological polar surface area (TPSA) is 69.6 Å². The molecule has 1 N–H and O–H groups in total. The Morgan fingerprint density at radius 2 is 2.04 bits per heavy atom. The Morgan fingerprint density at radius 3 is 2.64 bits per heavy atom. The van der Waals surface area contributed by atoms with Gasteiger partial charge in [-0.05, 0) is 13.3 Å². The molecule has 0 radical (unpaired) electrons. The van der Waals surface area contributed by atoms with Gasteiger partial charge in [-0.25, -0.2) is 9.37 Å². The third kappa shape index (κ3) is 2.60. The third-order valence-electron chi connectivity index (χ3n) is 5.37. The Balaban J connectivity index is 1.65. The van der Waals surface area contributed by atoms with E-state index in [1.807, 2.05) is 4.90 Å². The van der Waals surface area contributed by atoms with Gasteiger partial charge in [0.15, 0.2) is 0 Å². The molecule has 25 heavy (non-hydrogen) atoms. The summed E-state index contributed by atoms with van der Waals surface area (Å²) in [6.07, 6.45) is -1.07. The quantitative estimate of drug-likeness (QED) is 0.890. The standard InChI is InChI=1S/C16H19F3N4O2/c1-8-11(17)7-23(8)15-20-13-10(2-3-16(13,18)19)14(21-15)22-5-9(6-22)4-12(24)25/h8-9,11H,2-7H2,1H3,(H,24,25)/t8-,11?/m0/s1. The molecule has 2 saturated heterocycles. The van der Waals surface area contributed by atoms with Gasteiger partial charge >= 0.3 is 5.97 Å². The number of carboxylic acid groups (broad SMARTS) is 1. The van der Waals surface area contributed by atoms with Gasteiger partial charge in [-0.3, -0.25) is 4.79 Å². The number of carboxylic acids is 1. The van der Waals surface area contributed by atoms with Crippen molar-refractivity contribution in [3.05, 3.63) is 11.3 Å². The van der Waals surface area contributed by atoms with Crippen molar-refractivity contribution in [1.82, 2.24) is 9.97 Å². The number of carbonyl (C=O) groups is 1. The molecular formula is C16H19F3N4O2. The van der Waals surface area contributed by atoms with Gasteiger partial charge in [-0.2, -0.15) is 13.8 Å². The Bertz CT molecular complexity index is 724. The van der Waals surface area contributed by atoms with Crippen LogP contribution in [-0.4, -0.2) is 52.9 Å². The molecule has 2 fully saturated rings. The van der Waals surface area contributed by atoms with Crippen LogP contribution >= 0.6 is 0 Å². The van der Waals surface area contributed by atoms with Gasteiger partial charge in [-0.1, -0.05) is 0 Å². The van der Waals surface area contributed by atoms with Crippen LogP contribution in [0, 0.1) is 5.92 Å². The Hall–Kier alpha value is -2.06. The van der Waals surface area contributed by atoms with E-state index in [1.165, 1.54) is 0 Å². The lowest BCUT2D eigenvalue weighted by Crippen LogP contribution is -2.57. The van der Waals surface area contributed by atoms with Crippen LogP contribution in [0.5, 0.6) is 0 Å². The largest absolute Gasteiger partial charge is 0.481 e. The average Bonchev–Trinajstić information content (AvgIpc) is 2.82. The Labute approximate surface area is 142 Å². The third-order valence-corrected chi connectivity index (χ3v) is 5.37. The van der Waals surface area contributed by atoms with Crippen LogP contribution in [0.1, 0.15) is 31.0 Å². The van der Waals surface area contributed by atoms with Gasteiger partial charge in [0, 0.05) is 31.0 Å². The lowest BCUT2D eigenvalue weighted by molar-refractivity contribution is -0.138. The minimum absolute atomic E-state index is 0.00775. The molecular weight excluding hydrogens is 337 g/mol. The number of anilines is 2. The molecule has 0 bridgehead atoms. The van der Waals surface area contributed by atoms with E-state index in [1.54, 1.807) is 11.8 Å². The molecule has 2 aliphatic heterocycles. The highest BCUT2D eigenvalue weighted by Crippen LogP contribution is 2.45. The Morgan fingerprint density at radius 1 is 1.32 bits per heavy atom. The maximum absolute atomic E-state index is 14.2. The summed E-state index contributed by atoms with van der Waals surface area (Å²) >= 11 is 0. The fraction of sp³-hybridized carbons (Fsp3) is 0.688. The van der Waals surface area contributed by atoms with E-state index in [2.05, 4.69) is 9.97 Å². The fourth-order valence-corrected chi connectivity index (χ4v) is 3.73. The highest BCUT2D eigenvalue weighted by Gasteiger charge is 2.46. The van der Waals surface area contributed by atoms with E-state index in [4.69, 9.17) is 5.11 Å². The fourth-order valence-electron chi connectivity index (χ4n) is 3.73. The van der Waals surface area contributed by atoms with Crippen molar-refractivity contribution in [3.63, 3.8) is 0 Å². The zero-order valence-corrected chi connectivity index (χ0v) is 13.8. The first-order chi connectivity index (χ1) is 11.8. The molecule has 0 aromatic carbocycles. The second-order valence-corrected chi connectivity index (χ2v) is 7.16. The lowest BCUT2D eigenvalue weighted by atomic mass is 9.96. The summed E-state index contributed by atoms with van der Waals surface area (Å²) in [5.41, 5.74) is 0.177. The number of hydrogen-bond acceptors (Lipinski definition) is 5. The summed E-state index contributed by atoms with van der Waals surface area (Å²) in [7, 11) is 0. The lowest BCUT2D eigenvalue weighted by Gasteiger charge is -2.44. The smallest absolute Gasteiger partial charge is 0.303 e. The number of rotatable bonds is 4. The van der Waals surface area contributed by atoms with Gasteiger partial charge in [0.25, 0.3) is 5.92 Å². The van der Waals surface area contributed by atoms with Crippen LogP contribution in [0.3, 0.4) is 0 Å². The first-order valence-corrected chi connectivity index (χ1v) is 8.43. The highest BCUT2D eigenvalue weighted by atomic mass is 19.3. The molecule has 1 unspecified atom stereocenters. The van der Waals surface area contributed by atoms with Crippen molar-refractivity contribution < 1.29 is 23.1 Å². The maximum atomic E-state index is 14.2. The minimum Gasteiger partial charge on any atom is -0.481 e. The Kier molecular flexibility index (Phi) is 3.59. The van der Waals surface area contributed by atoms with E-state index in [0.29, 0.717) is 24.5 Å². The van der Waals surface area contributed by atoms with Crippen molar-refractivity contribution in [2.24, 2.45) is 5.92 Å². The molecule has 2 atom stereocenters. The molecule has 9 heteroatoms. The van der Waals surface area contributed by atoms with Crippen LogP contribution in [0.25, 0.3) is 0 Å². The summed E-state index contributed by atoms with van der Waals surface area (Å²) < 4.78 is 41.9. The second kappa shape index (κ2) is 5.47. The van der Waals surface area contributed by atoms with Crippen molar-refractivity contribution in [2.45, 2.75) is 44.3 Å². The predicted octanol–water partition coefficient (Wildman–Crippen LogP) is 1.97. The average molecular weight is 356 g/mol. The van der Waals surface area contributed by atoms with Gasteiger partial charge in [0.1, 0.15) is 17.7 Å². The van der Waals surface area contributed by atoms with Crippen LogP contribution < -0.4 is 9.80 Å². The van der Waals surface area contributed by atoms with Crippen LogP contribution in [0.4, 0.5) is 24.9 Å². The van der Waals surface area contributed by atoms with Crippen LogP contribution in [0.15, 0.2) is 0 Å². The van der Waals surface area contributed by atoms with E-state index < -0.39 is 24.1 Å². The van der Waals surface area contributed by atoms with Crippen molar-refractivity contribution in [1.29, 1.82) is 0 Å². The van der Waals surface area contributed by atoms with Gasteiger partial charge < -0.3 is 14.9 Å². The monoisotopic (exact) mass is 356 g/mol. The molecule has 4 rings (SSSR count). The summed E-state index contributed by atoms with van der Waals surface area (Å²) in [6, 6.07) is -0.433. The van der Waals surface area contributed by atoms with E-state index in [-0.39, 0.29) is 43.4 Å². The summed E-state index contributed by atoms with van der Waals surface area (Å²) in [5.74, 6) is -3.29. The second-order valence-electron chi connectivity index (χ2n) is 7.16. The predicted molar refractivity (Wildman–Crippen MR) is 83.9 cm³/mol. The van der Waals surface area contributed by atoms with E-state index >= 15 is 0 Å². The van der Waals surface area contributed by atoms with E-state index in [0.717, 1.165) is 0 Å². The number of aromatic nitrogens is 2. The summed E-state index contributed by atoms with van der Waals surface area (Å²) in [4.78, 5) is 22.7. The molecule has 1 aliphatic carbocycles. The van der Waals surface area contributed by atoms with Crippen molar-refractivity contribution in [3.8, 4) is 0 Å². The van der Waals surface area contributed by atoms with Crippen molar-refractivity contribution in [2.75, 3.05) is 29.4 Å². The summed E-state index contributed by atoms with van der Waals surface area (Å²) in [5, 5.41) is 8.85. The molecule has 6 nitrogen and oxygen atoms in total. The maximum Gasteiger partial charge on any atom is 0.303 e. The zero-order chi connectivity index (χ0) is 17.9. The zero-order valence-electron chi connectivity index (χ0n) is 13.8. The van der Waals surface area contributed by atoms with Gasteiger partial charge in [0.05, 0.1) is 19.0 Å². The number of nitrogens with zero attached hydrogens (tertiary/aromatic N) is 4. The number of aliphatic carboxylic acids is 1.